The maximum atomic E-state index is 9.04. The van der Waals surface area contributed by atoms with Gasteiger partial charge in [-0.1, -0.05) is 0 Å². The fraction of sp³-hybridized carbons (Fsp3) is 0.250. The summed E-state index contributed by atoms with van der Waals surface area (Å²) in [6.45, 7) is 2.25. The topological polar surface area (TPSA) is 20.2 Å². The Morgan fingerprint density at radius 3 is 2.83 bits per heavy atom. The third kappa shape index (κ3) is 1.21. The van der Waals surface area contributed by atoms with Crippen LogP contribution in [0.15, 0.2) is 5.38 Å². The predicted octanol–water partition coefficient (Wildman–Crippen LogP) is 3.37. The molecule has 0 aromatic carbocycles. The molecule has 1 N–H and O–H groups in total. The summed E-state index contributed by atoms with van der Waals surface area (Å²) < 4.78 is 3.98. The van der Waals surface area contributed by atoms with Gasteiger partial charge in [-0.05, 0) is 35.1 Å². The lowest BCUT2D eigenvalue weighted by Crippen LogP contribution is -1.77. The van der Waals surface area contributed by atoms with Gasteiger partial charge in [0.05, 0.1) is 11.3 Å². The van der Waals surface area contributed by atoms with Crippen LogP contribution in [0.3, 0.4) is 0 Å². The zero-order valence-electron chi connectivity index (χ0n) is 6.43. The van der Waals surface area contributed by atoms with Crippen LogP contribution in [0, 0.1) is 10.5 Å². The number of hydrogen-bond donors (Lipinski definition) is 1. The lowest BCUT2D eigenvalue weighted by Gasteiger charge is -1.89. The molecule has 2 heterocycles. The van der Waals surface area contributed by atoms with Crippen molar-refractivity contribution < 1.29 is 5.11 Å². The molecule has 0 atom stereocenters. The highest BCUT2D eigenvalue weighted by molar-refractivity contribution is 14.1. The summed E-state index contributed by atoms with van der Waals surface area (Å²) in [5, 5.41) is 11.2. The van der Waals surface area contributed by atoms with Crippen molar-refractivity contribution in [3.05, 3.63) is 19.4 Å². The summed E-state index contributed by atoms with van der Waals surface area (Å²) in [5.74, 6) is 0. The third-order valence-electron chi connectivity index (χ3n) is 1.83. The Labute approximate surface area is 92.2 Å². The van der Waals surface area contributed by atoms with Crippen molar-refractivity contribution in [2.75, 3.05) is 0 Å². The second kappa shape index (κ2) is 3.25. The van der Waals surface area contributed by atoms with Gasteiger partial charge >= 0.3 is 0 Å². The lowest BCUT2D eigenvalue weighted by molar-refractivity contribution is 0.285. The number of aryl methyl sites for hydroxylation is 1. The molecule has 0 saturated heterocycles. The molecule has 0 spiro atoms. The molecule has 64 valence electrons. The number of aliphatic hydroxyl groups is 1. The average Bonchev–Trinajstić information content (AvgIpc) is 2.55. The van der Waals surface area contributed by atoms with Gasteiger partial charge in [0.2, 0.25) is 0 Å². The number of halogens is 1. The quantitative estimate of drug-likeness (QED) is 0.801. The highest BCUT2D eigenvalue weighted by Crippen LogP contribution is 2.38. The minimum Gasteiger partial charge on any atom is -0.391 e. The zero-order valence-corrected chi connectivity index (χ0v) is 10.2. The maximum absolute atomic E-state index is 9.04. The number of fused-ring (bicyclic) bond motifs is 1. The summed E-state index contributed by atoms with van der Waals surface area (Å²) in [5.41, 5.74) is 1.26. The maximum Gasteiger partial charge on any atom is 0.0777 e. The van der Waals surface area contributed by atoms with Crippen LogP contribution in [0.25, 0.3) is 9.40 Å². The second-order valence-corrected chi connectivity index (χ2v) is 5.70. The molecule has 0 aliphatic carbocycles. The van der Waals surface area contributed by atoms with E-state index in [0.29, 0.717) is 0 Å². The first kappa shape index (κ1) is 8.93. The molecule has 2 rings (SSSR count). The Kier molecular flexibility index (Phi) is 2.42. The van der Waals surface area contributed by atoms with E-state index < -0.39 is 0 Å². The van der Waals surface area contributed by atoms with Crippen molar-refractivity contribution in [2.24, 2.45) is 0 Å². The Morgan fingerprint density at radius 2 is 2.25 bits per heavy atom. The van der Waals surface area contributed by atoms with Crippen LogP contribution in [0.4, 0.5) is 0 Å². The van der Waals surface area contributed by atoms with E-state index in [2.05, 4.69) is 34.9 Å². The molecule has 12 heavy (non-hydrogen) atoms. The fourth-order valence-electron chi connectivity index (χ4n) is 1.16. The molecule has 0 unspecified atom stereocenters. The van der Waals surface area contributed by atoms with Gasteiger partial charge < -0.3 is 5.11 Å². The molecule has 0 saturated carbocycles. The molecule has 0 aliphatic heterocycles. The molecule has 4 heteroatoms. The Bertz CT molecular complexity index is 416. The minimum atomic E-state index is 0.175. The van der Waals surface area contributed by atoms with Gasteiger partial charge in [-0.3, -0.25) is 0 Å². The molecular weight excluding hydrogens is 303 g/mol. The van der Waals surface area contributed by atoms with E-state index in [1.165, 1.54) is 18.5 Å². The van der Waals surface area contributed by atoms with Crippen molar-refractivity contribution in [3.63, 3.8) is 0 Å². The summed E-state index contributed by atoms with van der Waals surface area (Å²) >= 11 is 5.82. The van der Waals surface area contributed by atoms with Crippen LogP contribution in [0.1, 0.15) is 10.4 Å². The van der Waals surface area contributed by atoms with Gasteiger partial charge in [0.1, 0.15) is 0 Å². The summed E-state index contributed by atoms with van der Waals surface area (Å²) in [6.07, 6.45) is 0. The highest BCUT2D eigenvalue weighted by Gasteiger charge is 2.11. The van der Waals surface area contributed by atoms with E-state index in [1.807, 2.05) is 0 Å². The largest absolute Gasteiger partial charge is 0.391 e. The Balaban J connectivity index is 2.79. The molecule has 2 aromatic heterocycles. The summed E-state index contributed by atoms with van der Waals surface area (Å²) in [7, 11) is 0. The van der Waals surface area contributed by atoms with Crippen LogP contribution in [-0.2, 0) is 6.61 Å². The van der Waals surface area contributed by atoms with E-state index in [-0.39, 0.29) is 6.61 Å². The predicted molar refractivity (Wildman–Crippen MR) is 63.1 cm³/mol. The normalized spacial score (nSPS) is 11.2. The molecule has 0 amide bonds. The van der Waals surface area contributed by atoms with Gasteiger partial charge in [0, 0.05) is 18.5 Å². The van der Waals surface area contributed by atoms with Crippen molar-refractivity contribution >= 4 is 54.7 Å². The van der Waals surface area contributed by atoms with Crippen LogP contribution < -0.4 is 0 Å². The van der Waals surface area contributed by atoms with Gasteiger partial charge in [0.25, 0.3) is 0 Å². The smallest absolute Gasteiger partial charge is 0.0777 e. The Hall–Kier alpha value is 0.350. The number of rotatable bonds is 1. The molecule has 0 radical (unpaired) electrons. The lowest BCUT2D eigenvalue weighted by atomic mass is 10.3. The Morgan fingerprint density at radius 1 is 1.50 bits per heavy atom. The molecule has 2 aromatic rings. The molecule has 0 fully saturated rings. The van der Waals surface area contributed by atoms with Crippen LogP contribution in [0.2, 0.25) is 0 Å². The number of thiophene rings is 2. The van der Waals surface area contributed by atoms with E-state index >= 15 is 0 Å². The van der Waals surface area contributed by atoms with E-state index in [9.17, 15) is 0 Å². The first-order valence-electron chi connectivity index (χ1n) is 3.50. The van der Waals surface area contributed by atoms with Gasteiger partial charge in [-0.15, -0.1) is 22.7 Å². The molecular formula is C8H7IOS2. The summed E-state index contributed by atoms with van der Waals surface area (Å²) in [6, 6.07) is 0. The van der Waals surface area contributed by atoms with Gasteiger partial charge in [-0.25, -0.2) is 0 Å². The van der Waals surface area contributed by atoms with Gasteiger partial charge in [-0.2, -0.15) is 0 Å². The van der Waals surface area contributed by atoms with Gasteiger partial charge in [0.15, 0.2) is 0 Å². The first-order valence-corrected chi connectivity index (χ1v) is 6.27. The third-order valence-corrected chi connectivity index (χ3v) is 6.01. The van der Waals surface area contributed by atoms with Crippen molar-refractivity contribution in [1.82, 2.24) is 0 Å². The fourth-order valence-corrected chi connectivity index (χ4v) is 4.55. The zero-order chi connectivity index (χ0) is 8.72. The monoisotopic (exact) mass is 310 g/mol. The van der Waals surface area contributed by atoms with E-state index in [1.54, 1.807) is 22.7 Å². The van der Waals surface area contributed by atoms with Crippen molar-refractivity contribution in [3.8, 4) is 0 Å². The SMILES string of the molecule is Cc1c(CO)sc2c(I)csc12. The number of hydrogen-bond acceptors (Lipinski definition) is 3. The van der Waals surface area contributed by atoms with E-state index in [4.69, 9.17) is 5.11 Å². The highest BCUT2D eigenvalue weighted by atomic mass is 127. The van der Waals surface area contributed by atoms with E-state index in [0.717, 1.165) is 4.88 Å². The van der Waals surface area contributed by atoms with Crippen LogP contribution in [-0.4, -0.2) is 5.11 Å². The molecule has 0 aliphatic rings. The molecule has 0 bridgehead atoms. The first-order chi connectivity index (χ1) is 5.74. The van der Waals surface area contributed by atoms with Crippen molar-refractivity contribution in [1.29, 1.82) is 0 Å². The minimum absolute atomic E-state index is 0.175. The van der Waals surface area contributed by atoms with Crippen LogP contribution in [0.5, 0.6) is 0 Å². The average molecular weight is 310 g/mol. The second-order valence-electron chi connectivity index (χ2n) is 2.55. The molecule has 1 nitrogen and oxygen atoms in total. The number of aliphatic hydroxyl groups excluding tert-OH is 1. The van der Waals surface area contributed by atoms with Crippen LogP contribution >= 0.6 is 45.3 Å². The standard InChI is InChI=1S/C8H7IOS2/c1-4-6(2-10)12-8-5(9)3-11-7(4)8/h3,10H,2H2,1H3. The summed E-state index contributed by atoms with van der Waals surface area (Å²) in [4.78, 5) is 1.11. The van der Waals surface area contributed by atoms with Crippen molar-refractivity contribution in [2.45, 2.75) is 13.5 Å².